The maximum atomic E-state index is 12.6. The first-order valence-electron chi connectivity index (χ1n) is 8.60. The maximum Gasteiger partial charge on any atom is 0.417 e. The molecule has 2 aliphatic heterocycles. The van der Waals surface area contributed by atoms with E-state index in [2.05, 4.69) is 22.2 Å². The fourth-order valence-electron chi connectivity index (χ4n) is 3.42. The van der Waals surface area contributed by atoms with Crippen LogP contribution in [0.3, 0.4) is 0 Å². The first kappa shape index (κ1) is 18.0. The Labute approximate surface area is 145 Å². The second-order valence-corrected chi connectivity index (χ2v) is 6.92. The first-order valence-corrected chi connectivity index (χ1v) is 8.60. The molecule has 1 atom stereocenters. The van der Waals surface area contributed by atoms with E-state index in [1.54, 1.807) is 0 Å². The summed E-state index contributed by atoms with van der Waals surface area (Å²) in [4.78, 5) is 20.4. The third-order valence-electron chi connectivity index (χ3n) is 5.02. The van der Waals surface area contributed by atoms with Crippen LogP contribution in [-0.4, -0.2) is 55.1 Å². The summed E-state index contributed by atoms with van der Waals surface area (Å²) in [6, 6.07) is 2.47. The van der Waals surface area contributed by atoms with Crippen molar-refractivity contribution < 1.29 is 18.0 Å². The summed E-state index contributed by atoms with van der Waals surface area (Å²) in [5.74, 6) is 0.679. The van der Waals surface area contributed by atoms with Crippen LogP contribution in [0.5, 0.6) is 0 Å². The topological polar surface area (TPSA) is 48.5 Å². The van der Waals surface area contributed by atoms with Crippen molar-refractivity contribution >= 4 is 11.7 Å². The molecule has 1 N–H and O–H groups in total. The largest absolute Gasteiger partial charge is 0.417 e. The molecular weight excluding hydrogens is 333 g/mol. The molecule has 25 heavy (non-hydrogen) atoms. The van der Waals surface area contributed by atoms with Gasteiger partial charge in [0.05, 0.1) is 5.56 Å². The van der Waals surface area contributed by atoms with Crippen LogP contribution < -0.4 is 10.2 Å². The number of rotatable bonds is 3. The van der Waals surface area contributed by atoms with Gasteiger partial charge >= 0.3 is 6.18 Å². The van der Waals surface area contributed by atoms with Gasteiger partial charge in [0.2, 0.25) is 5.91 Å². The Morgan fingerprint density at radius 1 is 1.20 bits per heavy atom. The lowest BCUT2D eigenvalue weighted by atomic mass is 9.96. The summed E-state index contributed by atoms with van der Waals surface area (Å²) in [7, 11) is 2.06. The molecule has 0 bridgehead atoms. The molecule has 2 aliphatic rings. The maximum absolute atomic E-state index is 12.6. The van der Waals surface area contributed by atoms with Crippen molar-refractivity contribution in [3.8, 4) is 0 Å². The second kappa shape index (κ2) is 7.19. The van der Waals surface area contributed by atoms with Crippen LogP contribution >= 0.6 is 0 Å². The fraction of sp³-hybridized carbons (Fsp3) is 0.647. The van der Waals surface area contributed by atoms with Crippen LogP contribution in [0.4, 0.5) is 19.0 Å². The average Bonchev–Trinajstić information content (AvgIpc) is 3.03. The van der Waals surface area contributed by atoms with Crippen LogP contribution in [0.25, 0.3) is 0 Å². The van der Waals surface area contributed by atoms with Crippen molar-refractivity contribution in [2.45, 2.75) is 31.5 Å². The molecule has 0 spiro atoms. The average molecular weight is 356 g/mol. The molecule has 1 unspecified atom stereocenters. The minimum Gasteiger partial charge on any atom is -0.354 e. The summed E-state index contributed by atoms with van der Waals surface area (Å²) in [6.07, 6.45) is -0.986. The molecule has 2 saturated heterocycles. The molecular formula is C17H23F3N4O. The summed E-state index contributed by atoms with van der Waals surface area (Å²) < 4.78 is 37.8. The molecule has 5 nitrogen and oxygen atoms in total. The number of halogens is 3. The van der Waals surface area contributed by atoms with Crippen molar-refractivity contribution in [1.82, 2.24) is 15.2 Å². The molecule has 0 aromatic carbocycles. The zero-order chi connectivity index (χ0) is 18.0. The molecule has 3 rings (SSSR count). The minimum absolute atomic E-state index is 0.0243. The number of nitrogens with zero attached hydrogens (tertiary/aromatic N) is 3. The van der Waals surface area contributed by atoms with E-state index >= 15 is 0 Å². The Morgan fingerprint density at radius 2 is 1.92 bits per heavy atom. The number of alkyl halides is 3. The number of amides is 1. The molecule has 8 heteroatoms. The third-order valence-corrected chi connectivity index (χ3v) is 5.02. The fourth-order valence-corrected chi connectivity index (χ4v) is 3.42. The van der Waals surface area contributed by atoms with E-state index < -0.39 is 11.7 Å². The zero-order valence-corrected chi connectivity index (χ0v) is 14.2. The number of pyridine rings is 1. The lowest BCUT2D eigenvalue weighted by Gasteiger charge is -2.29. The molecule has 1 aromatic heterocycles. The summed E-state index contributed by atoms with van der Waals surface area (Å²) >= 11 is 0. The van der Waals surface area contributed by atoms with E-state index in [1.165, 1.54) is 6.07 Å². The standard InChI is InChI=1S/C17H23F3N4O/c1-23-7-4-12(5-8-23)16(25)22-14-6-9-24(11-14)15-3-2-13(10-21-15)17(18,19)20/h2-3,10,12,14H,4-9,11H2,1H3,(H,22,25). The highest BCUT2D eigenvalue weighted by molar-refractivity contribution is 5.79. The highest BCUT2D eigenvalue weighted by Crippen LogP contribution is 2.30. The Hall–Kier alpha value is -1.83. The Morgan fingerprint density at radius 3 is 2.52 bits per heavy atom. The molecule has 0 saturated carbocycles. The number of piperidine rings is 1. The van der Waals surface area contributed by atoms with Gasteiger partial charge in [0.1, 0.15) is 5.82 Å². The van der Waals surface area contributed by atoms with E-state index in [1.807, 2.05) is 4.90 Å². The highest BCUT2D eigenvalue weighted by Gasteiger charge is 2.32. The lowest BCUT2D eigenvalue weighted by molar-refractivity contribution is -0.137. The van der Waals surface area contributed by atoms with Crippen LogP contribution in [0, 0.1) is 5.92 Å². The van der Waals surface area contributed by atoms with Gasteiger partial charge in [-0.2, -0.15) is 13.2 Å². The number of carbonyl (C=O) groups excluding carboxylic acids is 1. The second-order valence-electron chi connectivity index (χ2n) is 6.92. The number of aromatic nitrogens is 1. The minimum atomic E-state index is -4.37. The van der Waals surface area contributed by atoms with Gasteiger partial charge in [0.15, 0.2) is 0 Å². The molecule has 0 aliphatic carbocycles. The molecule has 3 heterocycles. The van der Waals surface area contributed by atoms with Gasteiger partial charge in [-0.25, -0.2) is 4.98 Å². The van der Waals surface area contributed by atoms with Crippen LogP contribution in [0.15, 0.2) is 18.3 Å². The predicted molar refractivity (Wildman–Crippen MR) is 88.2 cm³/mol. The quantitative estimate of drug-likeness (QED) is 0.902. The van der Waals surface area contributed by atoms with E-state index in [4.69, 9.17) is 0 Å². The van der Waals surface area contributed by atoms with Gasteiger partial charge in [-0.3, -0.25) is 4.79 Å². The van der Waals surface area contributed by atoms with Gasteiger partial charge < -0.3 is 15.1 Å². The number of hydrogen-bond acceptors (Lipinski definition) is 4. The highest BCUT2D eigenvalue weighted by atomic mass is 19.4. The van der Waals surface area contributed by atoms with Gasteiger partial charge in [0, 0.05) is 31.2 Å². The molecule has 1 amide bonds. The van der Waals surface area contributed by atoms with Crippen LogP contribution in [0.2, 0.25) is 0 Å². The normalized spacial score (nSPS) is 23.0. The van der Waals surface area contributed by atoms with Crippen molar-refractivity contribution in [2.75, 3.05) is 38.1 Å². The monoisotopic (exact) mass is 356 g/mol. The summed E-state index contributed by atoms with van der Waals surface area (Å²) in [5, 5.41) is 3.09. The van der Waals surface area contributed by atoms with Crippen molar-refractivity contribution in [2.24, 2.45) is 5.92 Å². The number of hydrogen-bond donors (Lipinski definition) is 1. The molecule has 0 radical (unpaired) electrons. The molecule has 138 valence electrons. The van der Waals surface area contributed by atoms with Crippen LogP contribution in [-0.2, 0) is 11.0 Å². The summed E-state index contributed by atoms with van der Waals surface area (Å²) in [6.45, 7) is 3.13. The Kier molecular flexibility index (Phi) is 5.17. The Bertz CT molecular complexity index is 597. The van der Waals surface area contributed by atoms with E-state index in [-0.39, 0.29) is 17.9 Å². The molecule has 1 aromatic rings. The zero-order valence-electron chi connectivity index (χ0n) is 14.2. The van der Waals surface area contributed by atoms with E-state index in [9.17, 15) is 18.0 Å². The lowest BCUT2D eigenvalue weighted by Crippen LogP contribution is -2.44. The van der Waals surface area contributed by atoms with Gasteiger partial charge in [0.25, 0.3) is 0 Å². The number of anilines is 1. The predicted octanol–water partition coefficient (Wildman–Crippen LogP) is 2.14. The van der Waals surface area contributed by atoms with Crippen molar-refractivity contribution in [3.05, 3.63) is 23.9 Å². The van der Waals surface area contributed by atoms with Crippen molar-refractivity contribution in [1.29, 1.82) is 0 Å². The third kappa shape index (κ3) is 4.42. The SMILES string of the molecule is CN1CCC(C(=O)NC2CCN(c3ccc(C(F)(F)F)cn3)C2)CC1. The number of carbonyl (C=O) groups is 1. The number of nitrogens with one attached hydrogen (secondary N) is 1. The van der Waals surface area contributed by atoms with Crippen LogP contribution in [0.1, 0.15) is 24.8 Å². The van der Waals surface area contributed by atoms with Gasteiger partial charge in [-0.15, -0.1) is 0 Å². The Balaban J connectivity index is 1.52. The number of likely N-dealkylation sites (tertiary alicyclic amines) is 1. The van der Waals surface area contributed by atoms with Crippen molar-refractivity contribution in [3.63, 3.8) is 0 Å². The smallest absolute Gasteiger partial charge is 0.354 e. The summed E-state index contributed by atoms with van der Waals surface area (Å²) in [5.41, 5.74) is -0.748. The van der Waals surface area contributed by atoms with E-state index in [0.29, 0.717) is 18.9 Å². The molecule has 2 fully saturated rings. The van der Waals surface area contributed by atoms with E-state index in [0.717, 1.165) is 44.6 Å². The van der Waals surface area contributed by atoms with Gasteiger partial charge in [-0.1, -0.05) is 0 Å². The van der Waals surface area contributed by atoms with Gasteiger partial charge in [-0.05, 0) is 51.5 Å². The first-order chi connectivity index (χ1) is 11.8.